The van der Waals surface area contributed by atoms with Crippen molar-refractivity contribution in [1.82, 2.24) is 20.3 Å². The van der Waals surface area contributed by atoms with Gasteiger partial charge in [-0.15, -0.1) is 0 Å². The van der Waals surface area contributed by atoms with Crippen molar-refractivity contribution in [2.45, 2.75) is 25.8 Å². The van der Waals surface area contributed by atoms with Crippen LogP contribution in [0.1, 0.15) is 28.4 Å². The van der Waals surface area contributed by atoms with Gasteiger partial charge >= 0.3 is 0 Å². The van der Waals surface area contributed by atoms with Crippen molar-refractivity contribution in [1.29, 1.82) is 0 Å². The summed E-state index contributed by atoms with van der Waals surface area (Å²) >= 11 is 0. The maximum Gasteiger partial charge on any atom is 0.225 e. The first-order valence-corrected chi connectivity index (χ1v) is 11.6. The van der Waals surface area contributed by atoms with Crippen LogP contribution in [0, 0.1) is 18.6 Å². The molecule has 0 aliphatic rings. The lowest BCUT2D eigenvalue weighted by molar-refractivity contribution is -0.121. The molecule has 0 radical (unpaired) electrons. The molecule has 0 unspecified atom stereocenters. The van der Waals surface area contributed by atoms with Crippen LogP contribution >= 0.6 is 0 Å². The number of halogens is 2. The summed E-state index contributed by atoms with van der Waals surface area (Å²) in [5.41, 5.74) is 5.34. The Morgan fingerprint density at radius 2 is 1.89 bits per heavy atom. The van der Waals surface area contributed by atoms with Crippen molar-refractivity contribution in [3.05, 3.63) is 119 Å². The Morgan fingerprint density at radius 1 is 1.03 bits per heavy atom. The van der Waals surface area contributed by atoms with Gasteiger partial charge in [-0.3, -0.25) is 14.8 Å². The molecule has 36 heavy (non-hydrogen) atoms. The highest BCUT2D eigenvalue weighted by Gasteiger charge is 2.22. The van der Waals surface area contributed by atoms with Crippen LogP contribution in [0.5, 0.6) is 0 Å². The van der Waals surface area contributed by atoms with Gasteiger partial charge in [-0.2, -0.15) is 0 Å². The van der Waals surface area contributed by atoms with Gasteiger partial charge in [-0.25, -0.2) is 8.78 Å². The molecule has 5 nitrogen and oxygen atoms in total. The summed E-state index contributed by atoms with van der Waals surface area (Å²) in [6, 6.07) is 16.3. The Kier molecular flexibility index (Phi) is 6.54. The predicted molar refractivity (Wildman–Crippen MR) is 135 cm³/mol. The van der Waals surface area contributed by atoms with E-state index in [2.05, 4.69) is 20.3 Å². The van der Waals surface area contributed by atoms with E-state index >= 15 is 0 Å². The van der Waals surface area contributed by atoms with E-state index in [1.165, 1.54) is 24.3 Å². The fourth-order valence-corrected chi connectivity index (χ4v) is 4.56. The lowest BCUT2D eigenvalue weighted by Gasteiger charge is -2.22. The number of fused-ring (bicyclic) bond motifs is 1. The lowest BCUT2D eigenvalue weighted by Crippen LogP contribution is -2.32. The number of rotatable bonds is 7. The van der Waals surface area contributed by atoms with Crippen molar-refractivity contribution < 1.29 is 13.6 Å². The molecule has 0 saturated carbocycles. The van der Waals surface area contributed by atoms with Crippen molar-refractivity contribution in [2.24, 2.45) is 0 Å². The molecule has 1 atom stereocenters. The Morgan fingerprint density at radius 3 is 2.69 bits per heavy atom. The maximum atomic E-state index is 14.2. The van der Waals surface area contributed by atoms with Gasteiger partial charge in [0.1, 0.15) is 11.6 Å². The number of aromatic nitrogens is 3. The third kappa shape index (κ3) is 5.15. The second kappa shape index (κ2) is 10.1. The second-order valence-corrected chi connectivity index (χ2v) is 8.82. The highest BCUT2D eigenvalue weighted by Crippen LogP contribution is 2.29. The van der Waals surface area contributed by atoms with Crippen LogP contribution in [0.2, 0.25) is 0 Å². The summed E-state index contributed by atoms with van der Waals surface area (Å²) < 4.78 is 28.0. The van der Waals surface area contributed by atoms with Gasteiger partial charge in [0.05, 0.1) is 18.2 Å². The van der Waals surface area contributed by atoms with E-state index in [0.717, 1.165) is 27.8 Å². The van der Waals surface area contributed by atoms with Gasteiger partial charge in [-0.1, -0.05) is 18.2 Å². The van der Waals surface area contributed by atoms with Gasteiger partial charge in [0.25, 0.3) is 0 Å². The van der Waals surface area contributed by atoms with Gasteiger partial charge < -0.3 is 10.3 Å². The summed E-state index contributed by atoms with van der Waals surface area (Å²) in [7, 11) is 0. The highest BCUT2D eigenvalue weighted by molar-refractivity contribution is 5.89. The molecule has 1 amide bonds. The summed E-state index contributed by atoms with van der Waals surface area (Å²) in [5, 5.41) is 3.76. The summed E-state index contributed by atoms with van der Waals surface area (Å²) in [6.45, 7) is 1.83. The van der Waals surface area contributed by atoms with Crippen molar-refractivity contribution in [3.8, 4) is 11.1 Å². The second-order valence-electron chi connectivity index (χ2n) is 8.82. The molecule has 180 valence electrons. The molecular formula is C29H24F2N4O. The number of hydrogen-bond donors (Lipinski definition) is 2. The number of pyridine rings is 2. The van der Waals surface area contributed by atoms with E-state index in [4.69, 9.17) is 0 Å². The standard InChI is InChI=1S/C29H24F2N4O/c1-18-10-19(12-23(31)11-18)13-27(29-24(5-3-9-33-29)20-4-2-8-32-16-20)35-28(36)14-21-17-34-26-7-6-22(30)15-25(21)26/h2-12,15-17,27,34H,13-14H2,1H3,(H,35,36)/t27-/m0/s1. The molecule has 0 saturated heterocycles. The zero-order valence-corrected chi connectivity index (χ0v) is 19.6. The number of nitrogens with zero attached hydrogens (tertiary/aromatic N) is 2. The minimum absolute atomic E-state index is 0.0528. The minimum atomic E-state index is -0.531. The maximum absolute atomic E-state index is 14.2. The van der Waals surface area contributed by atoms with Crippen LogP contribution in [0.15, 0.2) is 85.5 Å². The number of aromatic amines is 1. The van der Waals surface area contributed by atoms with Crippen LogP contribution in [0.4, 0.5) is 8.78 Å². The van der Waals surface area contributed by atoms with E-state index in [0.29, 0.717) is 23.1 Å². The van der Waals surface area contributed by atoms with Crippen molar-refractivity contribution in [2.75, 3.05) is 0 Å². The van der Waals surface area contributed by atoms with Crippen LogP contribution in [0.25, 0.3) is 22.0 Å². The van der Waals surface area contributed by atoms with E-state index in [-0.39, 0.29) is 24.0 Å². The Hall–Kier alpha value is -4.39. The molecule has 7 heteroatoms. The number of hydrogen-bond acceptors (Lipinski definition) is 3. The third-order valence-corrected chi connectivity index (χ3v) is 6.10. The predicted octanol–water partition coefficient (Wildman–Crippen LogP) is 5.85. The normalized spacial score (nSPS) is 12.0. The summed E-state index contributed by atoms with van der Waals surface area (Å²) in [6.07, 6.45) is 7.23. The zero-order valence-electron chi connectivity index (χ0n) is 19.6. The number of amides is 1. The van der Waals surface area contributed by atoms with E-state index in [9.17, 15) is 13.6 Å². The van der Waals surface area contributed by atoms with Crippen LogP contribution < -0.4 is 5.32 Å². The molecule has 5 rings (SSSR count). The Balaban J connectivity index is 1.49. The number of carbonyl (C=O) groups excluding carboxylic acids is 1. The topological polar surface area (TPSA) is 70.7 Å². The SMILES string of the molecule is Cc1cc(F)cc(C[C@H](NC(=O)Cc2c[nH]c3ccc(F)cc23)c2ncccc2-c2cccnc2)c1. The largest absolute Gasteiger partial charge is 0.361 e. The van der Waals surface area contributed by atoms with Crippen LogP contribution in [-0.4, -0.2) is 20.9 Å². The fourth-order valence-electron chi connectivity index (χ4n) is 4.56. The van der Waals surface area contributed by atoms with Gasteiger partial charge in [0.15, 0.2) is 0 Å². The van der Waals surface area contributed by atoms with Gasteiger partial charge in [0, 0.05) is 46.8 Å². The fraction of sp³-hybridized carbons (Fsp3) is 0.138. The summed E-state index contributed by atoms with van der Waals surface area (Å²) in [4.78, 5) is 25.2. The Labute approximate surface area is 207 Å². The van der Waals surface area contributed by atoms with Crippen molar-refractivity contribution >= 4 is 16.8 Å². The quantitative estimate of drug-likeness (QED) is 0.306. The molecule has 0 aliphatic carbocycles. The van der Waals surface area contributed by atoms with E-state index in [1.54, 1.807) is 30.9 Å². The minimum Gasteiger partial charge on any atom is -0.361 e. The molecule has 0 aliphatic heterocycles. The average Bonchev–Trinajstić information content (AvgIpc) is 3.25. The molecule has 0 spiro atoms. The monoisotopic (exact) mass is 482 g/mol. The number of aryl methyl sites for hydroxylation is 1. The molecule has 2 N–H and O–H groups in total. The molecule has 3 aromatic heterocycles. The first-order valence-electron chi connectivity index (χ1n) is 11.6. The molecule has 5 aromatic rings. The average molecular weight is 483 g/mol. The van der Waals surface area contributed by atoms with Gasteiger partial charge in [-0.05, 0) is 72.5 Å². The third-order valence-electron chi connectivity index (χ3n) is 6.10. The smallest absolute Gasteiger partial charge is 0.225 e. The van der Waals surface area contributed by atoms with E-state index < -0.39 is 6.04 Å². The summed E-state index contributed by atoms with van der Waals surface area (Å²) in [5.74, 6) is -0.941. The highest BCUT2D eigenvalue weighted by atomic mass is 19.1. The molecular weight excluding hydrogens is 458 g/mol. The first kappa shape index (κ1) is 23.4. The number of benzene rings is 2. The van der Waals surface area contributed by atoms with Crippen LogP contribution in [-0.2, 0) is 17.6 Å². The number of nitrogens with one attached hydrogen (secondary N) is 2. The first-order chi connectivity index (χ1) is 17.5. The number of H-pyrrole nitrogens is 1. The zero-order chi connectivity index (χ0) is 25.1. The number of carbonyl (C=O) groups is 1. The molecule has 0 fully saturated rings. The lowest BCUT2D eigenvalue weighted by atomic mass is 9.95. The van der Waals surface area contributed by atoms with Crippen LogP contribution in [0.3, 0.4) is 0 Å². The van der Waals surface area contributed by atoms with Gasteiger partial charge in [0.2, 0.25) is 5.91 Å². The van der Waals surface area contributed by atoms with E-state index in [1.807, 2.05) is 37.3 Å². The molecule has 0 bridgehead atoms. The van der Waals surface area contributed by atoms with Crippen molar-refractivity contribution in [3.63, 3.8) is 0 Å². The molecule has 3 heterocycles. The molecule has 2 aromatic carbocycles. The Bertz CT molecular complexity index is 1510.